The molecule has 1 fully saturated rings. The number of ether oxygens (including phenoxy) is 1. The number of carbonyl (C=O) groups excluding carboxylic acids is 2. The molecular formula is C24H28N2O5S. The van der Waals surface area contributed by atoms with Crippen molar-refractivity contribution in [3.63, 3.8) is 0 Å². The van der Waals surface area contributed by atoms with Crippen molar-refractivity contribution in [1.29, 1.82) is 0 Å². The Morgan fingerprint density at radius 2 is 1.75 bits per heavy atom. The van der Waals surface area contributed by atoms with E-state index >= 15 is 0 Å². The second kappa shape index (κ2) is 8.94. The van der Waals surface area contributed by atoms with Crippen molar-refractivity contribution in [3.05, 3.63) is 59.7 Å². The van der Waals surface area contributed by atoms with Gasteiger partial charge in [0.05, 0.1) is 16.1 Å². The highest BCUT2D eigenvalue weighted by molar-refractivity contribution is 7.92. The topological polar surface area (TPSA) is 84.0 Å². The zero-order chi connectivity index (χ0) is 22.9. The number of rotatable bonds is 5. The normalized spacial score (nSPS) is 20.7. The monoisotopic (exact) mass is 456 g/mol. The summed E-state index contributed by atoms with van der Waals surface area (Å²) in [5.74, 6) is -0.940. The Hall–Kier alpha value is -2.87. The van der Waals surface area contributed by atoms with Crippen LogP contribution in [0.25, 0.3) is 0 Å². The molecule has 1 amide bonds. The summed E-state index contributed by atoms with van der Waals surface area (Å²) in [7, 11) is -3.82. The van der Waals surface area contributed by atoms with Gasteiger partial charge >= 0.3 is 5.97 Å². The van der Waals surface area contributed by atoms with Gasteiger partial charge in [0, 0.05) is 18.6 Å². The Morgan fingerprint density at radius 1 is 1.03 bits per heavy atom. The molecule has 0 N–H and O–H groups in total. The SMILES string of the molecule is C[C@@H]1CCC[C@H](C)N1C(=O)COC(=O)c1cccc(S(=O)(=O)N2CCc3ccccc32)c1. The van der Waals surface area contributed by atoms with Crippen LogP contribution in [0.1, 0.15) is 49.0 Å². The number of fused-ring (bicyclic) bond motifs is 1. The lowest BCUT2D eigenvalue weighted by molar-refractivity contribution is -0.140. The van der Waals surface area contributed by atoms with Crippen LogP contribution >= 0.6 is 0 Å². The maximum absolute atomic E-state index is 13.2. The molecule has 0 aromatic heterocycles. The number of esters is 1. The summed E-state index contributed by atoms with van der Waals surface area (Å²) in [6, 6.07) is 13.4. The maximum Gasteiger partial charge on any atom is 0.338 e. The van der Waals surface area contributed by atoms with E-state index in [-0.39, 0.29) is 35.1 Å². The fourth-order valence-electron chi connectivity index (χ4n) is 4.67. The predicted molar refractivity (Wildman–Crippen MR) is 121 cm³/mol. The first-order valence-electron chi connectivity index (χ1n) is 11.0. The highest BCUT2D eigenvalue weighted by Gasteiger charge is 2.32. The number of amides is 1. The van der Waals surface area contributed by atoms with Gasteiger partial charge in [-0.15, -0.1) is 0 Å². The van der Waals surface area contributed by atoms with Gasteiger partial charge in [0.2, 0.25) is 0 Å². The summed E-state index contributed by atoms with van der Waals surface area (Å²) in [6.45, 7) is 4.00. The van der Waals surface area contributed by atoms with Crippen LogP contribution in [0, 0.1) is 0 Å². The van der Waals surface area contributed by atoms with Gasteiger partial charge in [-0.2, -0.15) is 0 Å². The molecule has 2 aromatic rings. The first-order valence-corrected chi connectivity index (χ1v) is 12.4. The van der Waals surface area contributed by atoms with Crippen molar-refractivity contribution >= 4 is 27.6 Å². The summed E-state index contributed by atoms with van der Waals surface area (Å²) >= 11 is 0. The van der Waals surface area contributed by atoms with Crippen molar-refractivity contribution in [3.8, 4) is 0 Å². The molecule has 2 aliphatic rings. The minimum Gasteiger partial charge on any atom is -0.452 e. The molecule has 2 aliphatic heterocycles. The summed E-state index contributed by atoms with van der Waals surface area (Å²) < 4.78 is 33.1. The zero-order valence-corrected chi connectivity index (χ0v) is 19.2. The fraction of sp³-hybridized carbons (Fsp3) is 0.417. The Balaban J connectivity index is 1.47. The number of anilines is 1. The molecule has 2 aromatic carbocycles. The van der Waals surface area contributed by atoms with Gasteiger partial charge in [-0.05, 0) is 69.4 Å². The van der Waals surface area contributed by atoms with E-state index in [0.717, 1.165) is 24.8 Å². The van der Waals surface area contributed by atoms with Gasteiger partial charge in [0.1, 0.15) is 0 Å². The molecule has 0 radical (unpaired) electrons. The van der Waals surface area contributed by atoms with Crippen LogP contribution in [0.15, 0.2) is 53.4 Å². The Kier molecular flexibility index (Phi) is 6.24. The lowest BCUT2D eigenvalue weighted by atomic mass is 9.97. The molecule has 0 saturated carbocycles. The third-order valence-electron chi connectivity index (χ3n) is 6.31. The minimum absolute atomic E-state index is 0.0215. The molecule has 32 heavy (non-hydrogen) atoms. The highest BCUT2D eigenvalue weighted by atomic mass is 32.2. The Morgan fingerprint density at radius 3 is 2.50 bits per heavy atom. The fourth-order valence-corrected chi connectivity index (χ4v) is 6.22. The standard InChI is InChI=1S/C24H28N2O5S/c1-17-7-5-8-18(2)26(17)23(27)16-31-24(28)20-10-6-11-21(15-20)32(29,30)25-14-13-19-9-3-4-12-22(19)25/h3-4,6,9-12,15,17-18H,5,7-8,13-14,16H2,1-2H3/t17-,18+. The lowest BCUT2D eigenvalue weighted by Gasteiger charge is -2.38. The molecule has 7 nitrogen and oxygen atoms in total. The summed E-state index contributed by atoms with van der Waals surface area (Å²) in [5.41, 5.74) is 1.74. The number of likely N-dealkylation sites (tertiary alicyclic amines) is 1. The van der Waals surface area contributed by atoms with Crippen LogP contribution in [-0.2, 0) is 26.0 Å². The van der Waals surface area contributed by atoms with Crippen LogP contribution in [-0.4, -0.2) is 50.4 Å². The van der Waals surface area contributed by atoms with Gasteiger partial charge in [-0.1, -0.05) is 24.3 Å². The Labute approximate surface area is 189 Å². The van der Waals surface area contributed by atoms with Gasteiger partial charge in [-0.3, -0.25) is 9.10 Å². The molecule has 8 heteroatoms. The first kappa shape index (κ1) is 22.3. The summed E-state index contributed by atoms with van der Waals surface area (Å²) in [6.07, 6.45) is 3.59. The number of para-hydroxylation sites is 1. The summed E-state index contributed by atoms with van der Waals surface area (Å²) in [4.78, 5) is 27.0. The highest BCUT2D eigenvalue weighted by Crippen LogP contribution is 2.32. The van der Waals surface area contributed by atoms with Gasteiger partial charge in [0.15, 0.2) is 6.61 Å². The van der Waals surface area contributed by atoms with E-state index in [1.165, 1.54) is 28.6 Å². The van der Waals surface area contributed by atoms with Gasteiger partial charge in [-0.25, -0.2) is 13.2 Å². The van der Waals surface area contributed by atoms with Crippen molar-refractivity contribution in [2.24, 2.45) is 0 Å². The number of sulfonamides is 1. The van der Waals surface area contributed by atoms with Crippen molar-refractivity contribution in [1.82, 2.24) is 4.90 Å². The number of piperidine rings is 1. The van der Waals surface area contributed by atoms with E-state index in [1.54, 1.807) is 11.0 Å². The second-order valence-corrected chi connectivity index (χ2v) is 10.4. The van der Waals surface area contributed by atoms with Crippen LogP contribution < -0.4 is 4.31 Å². The molecule has 2 atom stereocenters. The number of hydrogen-bond acceptors (Lipinski definition) is 5. The molecule has 0 spiro atoms. The van der Waals surface area contributed by atoms with E-state index in [0.29, 0.717) is 18.7 Å². The van der Waals surface area contributed by atoms with Crippen molar-refractivity contribution < 1.29 is 22.7 Å². The van der Waals surface area contributed by atoms with Gasteiger partial charge < -0.3 is 9.64 Å². The molecule has 4 rings (SSSR count). The Bertz CT molecular complexity index is 1120. The molecule has 2 heterocycles. The van der Waals surface area contributed by atoms with E-state index in [4.69, 9.17) is 4.74 Å². The quantitative estimate of drug-likeness (QED) is 0.644. The molecule has 0 aliphatic carbocycles. The predicted octanol–water partition coefficient (Wildman–Crippen LogP) is 3.38. The van der Waals surface area contributed by atoms with E-state index < -0.39 is 16.0 Å². The molecule has 1 saturated heterocycles. The van der Waals surface area contributed by atoms with Crippen molar-refractivity contribution in [2.75, 3.05) is 17.5 Å². The number of benzene rings is 2. The lowest BCUT2D eigenvalue weighted by Crippen LogP contribution is -2.49. The second-order valence-electron chi connectivity index (χ2n) is 8.49. The zero-order valence-electron chi connectivity index (χ0n) is 18.4. The molecular weight excluding hydrogens is 428 g/mol. The molecule has 0 bridgehead atoms. The average molecular weight is 457 g/mol. The number of carbonyl (C=O) groups is 2. The first-order chi connectivity index (χ1) is 15.3. The van der Waals surface area contributed by atoms with E-state index in [9.17, 15) is 18.0 Å². The third-order valence-corrected chi connectivity index (χ3v) is 8.12. The van der Waals surface area contributed by atoms with Gasteiger partial charge in [0.25, 0.3) is 15.9 Å². The molecule has 170 valence electrons. The summed E-state index contributed by atoms with van der Waals surface area (Å²) in [5, 5.41) is 0. The van der Waals surface area contributed by atoms with Crippen molar-refractivity contribution in [2.45, 2.75) is 56.5 Å². The number of nitrogens with zero attached hydrogens (tertiary/aromatic N) is 2. The maximum atomic E-state index is 13.2. The minimum atomic E-state index is -3.82. The van der Waals surface area contributed by atoms with E-state index in [1.807, 2.05) is 32.0 Å². The smallest absolute Gasteiger partial charge is 0.338 e. The van der Waals surface area contributed by atoms with Crippen LogP contribution in [0.2, 0.25) is 0 Å². The number of hydrogen-bond donors (Lipinski definition) is 0. The average Bonchev–Trinajstić information content (AvgIpc) is 3.22. The van der Waals surface area contributed by atoms with Crippen LogP contribution in [0.4, 0.5) is 5.69 Å². The van der Waals surface area contributed by atoms with Crippen LogP contribution in [0.5, 0.6) is 0 Å². The van der Waals surface area contributed by atoms with Crippen LogP contribution in [0.3, 0.4) is 0 Å². The molecule has 0 unspecified atom stereocenters. The van der Waals surface area contributed by atoms with E-state index in [2.05, 4.69) is 0 Å². The third kappa shape index (κ3) is 4.24. The largest absolute Gasteiger partial charge is 0.452 e.